The van der Waals surface area contributed by atoms with Crippen molar-refractivity contribution in [2.45, 2.75) is 6.92 Å². The van der Waals surface area contributed by atoms with Crippen LogP contribution in [-0.4, -0.2) is 31.4 Å². The number of hydrogen-bond donors (Lipinski definition) is 0. The lowest BCUT2D eigenvalue weighted by molar-refractivity contribution is -0.385. The molecular formula is C20H18N4O4. The van der Waals surface area contributed by atoms with E-state index in [9.17, 15) is 20.2 Å². The summed E-state index contributed by atoms with van der Waals surface area (Å²) < 4.78 is 5.48. The molecule has 0 N–H and O–H groups in total. The molecule has 2 aromatic carbocycles. The maximum atomic E-state index is 12.7. The van der Waals surface area contributed by atoms with Crippen molar-refractivity contribution in [3.63, 3.8) is 0 Å². The molecule has 0 saturated heterocycles. The number of carbonyl (C=O) groups excluding carboxylic acids is 1. The topological polar surface area (TPSA) is 99.7 Å². The van der Waals surface area contributed by atoms with Crippen LogP contribution in [0.1, 0.15) is 5.56 Å². The van der Waals surface area contributed by atoms with E-state index in [1.165, 1.54) is 18.2 Å². The number of ether oxygens (including phenoxy) is 1. The van der Waals surface area contributed by atoms with Crippen molar-refractivity contribution in [2.24, 2.45) is 0 Å². The number of nitro benzene ring substituents is 1. The third-order valence-electron chi connectivity index (χ3n) is 4.59. The van der Waals surface area contributed by atoms with Gasteiger partial charge in [-0.1, -0.05) is 12.1 Å². The number of para-hydroxylation sites is 2. The van der Waals surface area contributed by atoms with Gasteiger partial charge in [-0.2, -0.15) is 5.26 Å². The van der Waals surface area contributed by atoms with Crippen molar-refractivity contribution >= 4 is 22.8 Å². The lowest BCUT2D eigenvalue weighted by Crippen LogP contribution is -2.27. The van der Waals surface area contributed by atoms with E-state index >= 15 is 0 Å². The van der Waals surface area contributed by atoms with E-state index in [4.69, 9.17) is 4.74 Å². The van der Waals surface area contributed by atoms with E-state index in [0.29, 0.717) is 17.1 Å². The maximum absolute atomic E-state index is 12.7. The minimum absolute atomic E-state index is 0.0140. The van der Waals surface area contributed by atoms with Gasteiger partial charge >= 0.3 is 0 Å². The largest absolute Gasteiger partial charge is 0.485 e. The average Bonchev–Trinajstić information content (AvgIpc) is 2.92. The molecule has 0 radical (unpaired) electrons. The fourth-order valence-corrected chi connectivity index (χ4v) is 3.20. The summed E-state index contributed by atoms with van der Waals surface area (Å²) in [5.74, 6) is 0.340. The normalized spacial score (nSPS) is 12.4. The Morgan fingerprint density at radius 2 is 1.79 bits per heavy atom. The zero-order valence-corrected chi connectivity index (χ0v) is 15.7. The minimum Gasteiger partial charge on any atom is -0.485 e. The number of hydrogen-bond acceptors (Lipinski definition) is 7. The van der Waals surface area contributed by atoms with Crippen molar-refractivity contribution in [1.29, 1.82) is 5.26 Å². The Hall–Kier alpha value is -3.86. The van der Waals surface area contributed by atoms with E-state index < -0.39 is 10.7 Å². The number of nitro groups is 1. The number of fused-ring (bicyclic) bond motifs is 1. The summed E-state index contributed by atoms with van der Waals surface area (Å²) in [6.07, 6.45) is 0. The van der Waals surface area contributed by atoms with Gasteiger partial charge in [-0.15, -0.1) is 0 Å². The fourth-order valence-electron chi connectivity index (χ4n) is 3.20. The van der Waals surface area contributed by atoms with Crippen molar-refractivity contribution < 1.29 is 14.5 Å². The highest BCUT2D eigenvalue weighted by atomic mass is 16.6. The molecule has 1 heterocycles. The van der Waals surface area contributed by atoms with E-state index in [1.807, 2.05) is 30.3 Å². The standard InChI is InChI=1S/C20H18N4O4/c1-13-10-14(8-9-16(13)24(26)27)28-12-19(25)15(11-21)20-22(2)17-6-4-5-7-18(17)23(20)3/h4-10H,12H2,1-3H3. The molecule has 1 aliphatic heterocycles. The molecule has 0 fully saturated rings. The molecule has 0 spiro atoms. The summed E-state index contributed by atoms with van der Waals surface area (Å²) in [4.78, 5) is 26.7. The van der Waals surface area contributed by atoms with Crippen LogP contribution in [0.4, 0.5) is 17.1 Å². The molecule has 0 amide bonds. The Bertz CT molecular complexity index is 1010. The molecule has 0 bridgehead atoms. The number of anilines is 2. The molecule has 3 rings (SSSR count). The third-order valence-corrected chi connectivity index (χ3v) is 4.59. The van der Waals surface area contributed by atoms with Gasteiger partial charge in [0.15, 0.2) is 6.61 Å². The Morgan fingerprint density at radius 3 is 2.29 bits per heavy atom. The van der Waals surface area contributed by atoms with Gasteiger partial charge in [0.1, 0.15) is 23.2 Å². The molecule has 0 aromatic heterocycles. The highest BCUT2D eigenvalue weighted by Crippen LogP contribution is 2.40. The van der Waals surface area contributed by atoms with Gasteiger partial charge in [0.05, 0.1) is 16.3 Å². The predicted octanol–water partition coefficient (Wildman–Crippen LogP) is 3.17. The zero-order valence-electron chi connectivity index (χ0n) is 15.7. The minimum atomic E-state index is -0.480. The number of aryl methyl sites for hydroxylation is 1. The molecule has 0 aliphatic carbocycles. The van der Waals surface area contributed by atoms with Crippen molar-refractivity contribution in [1.82, 2.24) is 0 Å². The van der Waals surface area contributed by atoms with E-state index in [1.54, 1.807) is 30.8 Å². The lowest BCUT2D eigenvalue weighted by Gasteiger charge is -2.20. The van der Waals surface area contributed by atoms with E-state index in [2.05, 4.69) is 0 Å². The first-order valence-corrected chi connectivity index (χ1v) is 8.47. The molecule has 8 nitrogen and oxygen atoms in total. The SMILES string of the molecule is Cc1cc(OCC(=O)C(C#N)=C2N(C)c3ccccc3N2C)ccc1[N+](=O)[O-]. The molecule has 1 aliphatic rings. The third kappa shape index (κ3) is 3.25. The van der Waals surface area contributed by atoms with Gasteiger partial charge in [-0.25, -0.2) is 0 Å². The van der Waals surface area contributed by atoms with Gasteiger partial charge in [-0.05, 0) is 31.2 Å². The van der Waals surface area contributed by atoms with Crippen LogP contribution in [-0.2, 0) is 4.79 Å². The van der Waals surface area contributed by atoms with Crippen molar-refractivity contribution in [3.05, 3.63) is 69.5 Å². The molecule has 0 atom stereocenters. The summed E-state index contributed by atoms with van der Waals surface area (Å²) >= 11 is 0. The van der Waals surface area contributed by atoms with Crippen LogP contribution in [0.25, 0.3) is 0 Å². The first-order valence-electron chi connectivity index (χ1n) is 8.47. The number of ketones is 1. The second-order valence-corrected chi connectivity index (χ2v) is 6.33. The first-order chi connectivity index (χ1) is 13.3. The summed E-state index contributed by atoms with van der Waals surface area (Å²) in [5.41, 5.74) is 2.18. The number of rotatable bonds is 5. The van der Waals surface area contributed by atoms with Gasteiger partial charge in [-0.3, -0.25) is 14.9 Å². The Labute approximate surface area is 162 Å². The van der Waals surface area contributed by atoms with Crippen LogP contribution in [0.5, 0.6) is 5.75 Å². The molecule has 142 valence electrons. The van der Waals surface area contributed by atoms with Crippen LogP contribution >= 0.6 is 0 Å². The van der Waals surface area contributed by atoms with E-state index in [-0.39, 0.29) is 17.9 Å². The smallest absolute Gasteiger partial charge is 0.272 e. The van der Waals surface area contributed by atoms with Gasteiger partial charge in [0, 0.05) is 25.7 Å². The van der Waals surface area contributed by atoms with Gasteiger partial charge in [0.25, 0.3) is 5.69 Å². The van der Waals surface area contributed by atoms with Crippen LogP contribution < -0.4 is 14.5 Å². The molecular weight excluding hydrogens is 360 g/mol. The van der Waals surface area contributed by atoms with Gasteiger partial charge in [0.2, 0.25) is 5.78 Å². The molecule has 2 aromatic rings. The monoisotopic (exact) mass is 378 g/mol. The Balaban J connectivity index is 1.82. The lowest BCUT2D eigenvalue weighted by atomic mass is 10.1. The molecule has 0 unspecified atom stereocenters. The molecule has 0 saturated carbocycles. The fraction of sp³-hybridized carbons (Fsp3) is 0.200. The summed E-state index contributed by atoms with van der Waals surface area (Å²) in [7, 11) is 3.59. The highest BCUT2D eigenvalue weighted by molar-refractivity contribution is 6.03. The quantitative estimate of drug-likeness (QED) is 0.341. The Morgan fingerprint density at radius 1 is 1.18 bits per heavy atom. The van der Waals surface area contributed by atoms with Crippen LogP contribution in [0.3, 0.4) is 0 Å². The number of nitriles is 1. The summed E-state index contributed by atoms with van der Waals surface area (Å²) in [6, 6.07) is 13.8. The number of nitrogens with zero attached hydrogens (tertiary/aromatic N) is 4. The predicted molar refractivity (Wildman–Crippen MR) is 104 cm³/mol. The van der Waals surface area contributed by atoms with E-state index in [0.717, 1.165) is 11.4 Å². The van der Waals surface area contributed by atoms with Gasteiger partial charge < -0.3 is 14.5 Å². The number of Topliss-reactive ketones (excluding diaryl/α,β-unsaturated/α-hetero) is 1. The first kappa shape index (κ1) is 18.9. The maximum Gasteiger partial charge on any atom is 0.272 e. The second-order valence-electron chi connectivity index (χ2n) is 6.33. The zero-order chi connectivity index (χ0) is 20.4. The average molecular weight is 378 g/mol. The van der Waals surface area contributed by atoms with Crippen molar-refractivity contribution in [2.75, 3.05) is 30.5 Å². The summed E-state index contributed by atoms with van der Waals surface area (Å²) in [5, 5.41) is 20.5. The number of carbonyl (C=O) groups is 1. The molecule has 28 heavy (non-hydrogen) atoms. The van der Waals surface area contributed by atoms with Crippen LogP contribution in [0.2, 0.25) is 0 Å². The molecule has 8 heteroatoms. The van der Waals surface area contributed by atoms with Crippen LogP contribution in [0, 0.1) is 28.4 Å². The number of benzene rings is 2. The second kappa shape index (κ2) is 7.40. The van der Waals surface area contributed by atoms with Crippen molar-refractivity contribution in [3.8, 4) is 11.8 Å². The summed E-state index contributed by atoms with van der Waals surface area (Å²) in [6.45, 7) is 1.25. The highest BCUT2D eigenvalue weighted by Gasteiger charge is 2.31. The van der Waals surface area contributed by atoms with Crippen LogP contribution in [0.15, 0.2) is 53.9 Å². The Kier molecular flexibility index (Phi) is 5.00.